The molecule has 2 heterocycles. The van der Waals surface area contributed by atoms with Gasteiger partial charge in [0.2, 0.25) is 0 Å². The average Bonchev–Trinajstić information content (AvgIpc) is 2.55. The number of carbonyl (C=O) groups excluding carboxylic acids is 1. The predicted molar refractivity (Wildman–Crippen MR) is 88.7 cm³/mol. The number of pyridine rings is 1. The predicted octanol–water partition coefficient (Wildman–Crippen LogP) is 4.10. The summed E-state index contributed by atoms with van der Waals surface area (Å²) < 4.78 is 0. The molecular weight excluding hydrogens is 298 g/mol. The molecule has 0 saturated carbocycles. The van der Waals surface area contributed by atoms with Gasteiger partial charge in [0.05, 0.1) is 0 Å². The van der Waals surface area contributed by atoms with Crippen LogP contribution in [0.1, 0.15) is 29.8 Å². The maximum absolute atomic E-state index is 12.5. The van der Waals surface area contributed by atoms with Crippen molar-refractivity contribution in [2.75, 3.05) is 18.4 Å². The third-order valence-corrected chi connectivity index (χ3v) is 3.97. The molecule has 0 spiro atoms. The van der Waals surface area contributed by atoms with E-state index in [0.717, 1.165) is 37.3 Å². The first kappa shape index (κ1) is 14.9. The molecule has 0 atom stereocenters. The van der Waals surface area contributed by atoms with Gasteiger partial charge in [-0.3, -0.25) is 9.78 Å². The van der Waals surface area contributed by atoms with Gasteiger partial charge >= 0.3 is 0 Å². The summed E-state index contributed by atoms with van der Waals surface area (Å²) in [6, 6.07) is 11.1. The summed E-state index contributed by atoms with van der Waals surface area (Å²) >= 11 is 5.98. The van der Waals surface area contributed by atoms with Gasteiger partial charge in [0.1, 0.15) is 5.69 Å². The zero-order chi connectivity index (χ0) is 15.4. The molecule has 5 heteroatoms. The Morgan fingerprint density at radius 1 is 1.09 bits per heavy atom. The molecule has 1 N–H and O–H groups in total. The second kappa shape index (κ2) is 6.79. The van der Waals surface area contributed by atoms with Gasteiger partial charge in [-0.05, 0) is 49.6 Å². The first-order chi connectivity index (χ1) is 10.7. The van der Waals surface area contributed by atoms with E-state index in [1.807, 2.05) is 35.2 Å². The third-order valence-electron chi connectivity index (χ3n) is 3.74. The summed E-state index contributed by atoms with van der Waals surface area (Å²) in [6.07, 6.45) is 5.01. The van der Waals surface area contributed by atoms with Crippen LogP contribution in [0.25, 0.3) is 0 Å². The Bertz CT molecular complexity index is 668. The lowest BCUT2D eigenvalue weighted by Gasteiger charge is -2.26. The SMILES string of the molecule is O=C(c1cc(Nc2cccc(Cl)c2)ccn1)N1CCCCC1. The van der Waals surface area contributed by atoms with E-state index in [1.54, 1.807) is 12.3 Å². The van der Waals surface area contributed by atoms with Crippen molar-refractivity contribution in [2.24, 2.45) is 0 Å². The number of halogens is 1. The van der Waals surface area contributed by atoms with Crippen molar-refractivity contribution in [3.63, 3.8) is 0 Å². The lowest BCUT2D eigenvalue weighted by Crippen LogP contribution is -2.36. The Morgan fingerprint density at radius 3 is 2.64 bits per heavy atom. The molecule has 0 radical (unpaired) electrons. The summed E-state index contributed by atoms with van der Waals surface area (Å²) in [6.45, 7) is 1.65. The number of nitrogens with one attached hydrogen (secondary N) is 1. The Kier molecular flexibility index (Phi) is 4.59. The Labute approximate surface area is 135 Å². The van der Waals surface area contributed by atoms with Gasteiger partial charge in [-0.15, -0.1) is 0 Å². The van der Waals surface area contributed by atoms with Gasteiger partial charge in [0.25, 0.3) is 5.91 Å². The van der Waals surface area contributed by atoms with E-state index in [4.69, 9.17) is 11.6 Å². The van der Waals surface area contributed by atoms with E-state index >= 15 is 0 Å². The fourth-order valence-electron chi connectivity index (χ4n) is 2.62. The number of likely N-dealkylation sites (tertiary alicyclic amines) is 1. The van der Waals surface area contributed by atoms with Crippen LogP contribution in [0.4, 0.5) is 11.4 Å². The van der Waals surface area contributed by atoms with Crippen LogP contribution in [-0.4, -0.2) is 28.9 Å². The van der Waals surface area contributed by atoms with Crippen LogP contribution in [0.2, 0.25) is 5.02 Å². The van der Waals surface area contributed by atoms with Gasteiger partial charge in [-0.25, -0.2) is 0 Å². The number of amides is 1. The molecule has 3 rings (SSSR count). The maximum Gasteiger partial charge on any atom is 0.272 e. The lowest BCUT2D eigenvalue weighted by atomic mass is 10.1. The number of hydrogen-bond acceptors (Lipinski definition) is 3. The smallest absolute Gasteiger partial charge is 0.272 e. The molecule has 22 heavy (non-hydrogen) atoms. The van der Waals surface area contributed by atoms with Crippen LogP contribution in [0.15, 0.2) is 42.6 Å². The van der Waals surface area contributed by atoms with Crippen LogP contribution in [0.3, 0.4) is 0 Å². The summed E-state index contributed by atoms with van der Waals surface area (Å²) in [4.78, 5) is 18.6. The third kappa shape index (κ3) is 3.57. The van der Waals surface area contributed by atoms with E-state index in [9.17, 15) is 4.79 Å². The first-order valence-corrected chi connectivity index (χ1v) is 7.88. The zero-order valence-electron chi connectivity index (χ0n) is 12.3. The highest BCUT2D eigenvalue weighted by Crippen LogP contribution is 2.21. The lowest BCUT2D eigenvalue weighted by molar-refractivity contribution is 0.0718. The number of rotatable bonds is 3. The number of aromatic nitrogens is 1. The quantitative estimate of drug-likeness (QED) is 0.927. The maximum atomic E-state index is 12.5. The van der Waals surface area contributed by atoms with E-state index in [-0.39, 0.29) is 5.91 Å². The standard InChI is InChI=1S/C17H18ClN3O/c18-13-5-4-6-14(11-13)20-15-7-8-19-16(12-15)17(22)21-9-2-1-3-10-21/h4-8,11-12H,1-3,9-10H2,(H,19,20). The molecule has 0 unspecified atom stereocenters. The fourth-order valence-corrected chi connectivity index (χ4v) is 2.81. The summed E-state index contributed by atoms with van der Waals surface area (Å²) in [5.41, 5.74) is 2.20. The minimum Gasteiger partial charge on any atom is -0.355 e. The summed E-state index contributed by atoms with van der Waals surface area (Å²) in [7, 11) is 0. The van der Waals surface area contributed by atoms with Crippen molar-refractivity contribution in [3.05, 3.63) is 53.3 Å². The second-order valence-corrected chi connectivity index (χ2v) is 5.85. The minimum absolute atomic E-state index is 0.00874. The van der Waals surface area contributed by atoms with Crippen molar-refractivity contribution in [1.82, 2.24) is 9.88 Å². The van der Waals surface area contributed by atoms with Crippen LogP contribution in [0, 0.1) is 0 Å². The van der Waals surface area contributed by atoms with E-state index in [1.165, 1.54) is 6.42 Å². The van der Waals surface area contributed by atoms with E-state index in [2.05, 4.69) is 10.3 Å². The molecule has 1 aliphatic rings. The molecule has 1 fully saturated rings. The Morgan fingerprint density at radius 2 is 1.86 bits per heavy atom. The number of carbonyl (C=O) groups is 1. The van der Waals surface area contributed by atoms with Gasteiger partial charge in [0, 0.05) is 35.7 Å². The van der Waals surface area contributed by atoms with Gasteiger partial charge in [-0.2, -0.15) is 0 Å². The highest BCUT2D eigenvalue weighted by molar-refractivity contribution is 6.30. The van der Waals surface area contributed by atoms with E-state index < -0.39 is 0 Å². The molecule has 2 aromatic rings. The van der Waals surface area contributed by atoms with Gasteiger partial charge in [-0.1, -0.05) is 17.7 Å². The van der Waals surface area contributed by atoms with Crippen molar-refractivity contribution < 1.29 is 4.79 Å². The molecule has 1 saturated heterocycles. The molecular formula is C17H18ClN3O. The molecule has 1 aromatic carbocycles. The molecule has 114 valence electrons. The number of hydrogen-bond donors (Lipinski definition) is 1. The number of nitrogens with zero attached hydrogens (tertiary/aromatic N) is 2. The highest BCUT2D eigenvalue weighted by atomic mass is 35.5. The van der Waals surface area contributed by atoms with Crippen LogP contribution in [0.5, 0.6) is 0 Å². The molecule has 1 aliphatic heterocycles. The topological polar surface area (TPSA) is 45.2 Å². The van der Waals surface area contributed by atoms with Crippen LogP contribution >= 0.6 is 11.6 Å². The normalized spacial score (nSPS) is 14.7. The number of benzene rings is 1. The van der Waals surface area contributed by atoms with Crippen LogP contribution < -0.4 is 5.32 Å². The molecule has 0 aliphatic carbocycles. The Balaban J connectivity index is 1.75. The monoisotopic (exact) mass is 315 g/mol. The zero-order valence-corrected chi connectivity index (χ0v) is 13.0. The van der Waals surface area contributed by atoms with E-state index in [0.29, 0.717) is 10.7 Å². The molecule has 0 bridgehead atoms. The first-order valence-electron chi connectivity index (χ1n) is 7.50. The van der Waals surface area contributed by atoms with Crippen molar-refractivity contribution in [2.45, 2.75) is 19.3 Å². The number of piperidine rings is 1. The molecule has 4 nitrogen and oxygen atoms in total. The average molecular weight is 316 g/mol. The van der Waals surface area contributed by atoms with Crippen molar-refractivity contribution >= 4 is 28.9 Å². The highest BCUT2D eigenvalue weighted by Gasteiger charge is 2.19. The Hall–Kier alpha value is -2.07. The van der Waals surface area contributed by atoms with Gasteiger partial charge < -0.3 is 10.2 Å². The molecule has 1 aromatic heterocycles. The minimum atomic E-state index is 0.00874. The second-order valence-electron chi connectivity index (χ2n) is 5.42. The van der Waals surface area contributed by atoms with Crippen LogP contribution in [-0.2, 0) is 0 Å². The van der Waals surface area contributed by atoms with Crippen molar-refractivity contribution in [3.8, 4) is 0 Å². The number of anilines is 2. The van der Waals surface area contributed by atoms with Crippen molar-refractivity contribution in [1.29, 1.82) is 0 Å². The summed E-state index contributed by atoms with van der Waals surface area (Å²) in [5.74, 6) is 0.00874. The fraction of sp³-hybridized carbons (Fsp3) is 0.294. The van der Waals surface area contributed by atoms with Gasteiger partial charge in [0.15, 0.2) is 0 Å². The molecule has 1 amide bonds. The summed E-state index contributed by atoms with van der Waals surface area (Å²) in [5, 5.41) is 3.92. The largest absolute Gasteiger partial charge is 0.355 e.